The first kappa shape index (κ1) is 16.1. The monoisotopic (exact) mass is 324 g/mol. The molecule has 5 heteroatoms. The van der Waals surface area contributed by atoms with E-state index in [0.29, 0.717) is 13.0 Å². The summed E-state index contributed by atoms with van der Waals surface area (Å²) in [6.07, 6.45) is 0.876. The maximum absolute atomic E-state index is 12.5. The normalized spacial score (nSPS) is 17.0. The minimum absolute atomic E-state index is 0.0516. The third-order valence-electron chi connectivity index (χ3n) is 4.13. The highest BCUT2D eigenvalue weighted by Gasteiger charge is 2.33. The first-order valence-electron chi connectivity index (χ1n) is 7.96. The largest absolute Gasteiger partial charge is 0.497 e. The van der Waals surface area contributed by atoms with Crippen LogP contribution >= 0.6 is 0 Å². The lowest BCUT2D eigenvalue weighted by molar-refractivity contribution is -0.126. The maximum Gasteiger partial charge on any atom is 0.249 e. The van der Waals surface area contributed by atoms with Gasteiger partial charge in [-0.3, -0.25) is 9.59 Å². The second-order valence-corrected chi connectivity index (χ2v) is 5.76. The zero-order valence-electron chi connectivity index (χ0n) is 13.6. The number of hydrogen-bond donors (Lipinski definition) is 1. The molecule has 0 aliphatic carbocycles. The molecule has 0 unspecified atom stereocenters. The molecule has 0 aromatic heterocycles. The van der Waals surface area contributed by atoms with Crippen LogP contribution in [0.1, 0.15) is 12.0 Å². The maximum atomic E-state index is 12.5. The quantitative estimate of drug-likeness (QED) is 0.917. The van der Waals surface area contributed by atoms with Crippen molar-refractivity contribution in [2.75, 3.05) is 18.6 Å². The van der Waals surface area contributed by atoms with Gasteiger partial charge in [-0.25, -0.2) is 0 Å². The molecule has 0 radical (unpaired) electrons. The fourth-order valence-corrected chi connectivity index (χ4v) is 2.85. The van der Waals surface area contributed by atoms with Crippen LogP contribution in [0.2, 0.25) is 0 Å². The Morgan fingerprint density at radius 3 is 2.54 bits per heavy atom. The molecule has 0 bridgehead atoms. The number of anilines is 1. The second-order valence-electron chi connectivity index (χ2n) is 5.76. The van der Waals surface area contributed by atoms with Gasteiger partial charge in [-0.2, -0.15) is 0 Å². The highest BCUT2D eigenvalue weighted by atomic mass is 16.5. The van der Waals surface area contributed by atoms with Crippen molar-refractivity contribution in [2.24, 2.45) is 0 Å². The number of ether oxygens (including phenoxy) is 1. The molecule has 1 N–H and O–H groups in total. The van der Waals surface area contributed by atoms with Crippen molar-refractivity contribution in [3.63, 3.8) is 0 Å². The van der Waals surface area contributed by atoms with E-state index in [9.17, 15) is 9.59 Å². The van der Waals surface area contributed by atoms with Crippen LogP contribution in [0.4, 0.5) is 5.69 Å². The van der Waals surface area contributed by atoms with Gasteiger partial charge >= 0.3 is 0 Å². The first-order chi connectivity index (χ1) is 11.7. The van der Waals surface area contributed by atoms with Gasteiger partial charge in [-0.1, -0.05) is 30.3 Å². The Labute approximate surface area is 141 Å². The van der Waals surface area contributed by atoms with E-state index >= 15 is 0 Å². The molecule has 1 fully saturated rings. The number of carbonyl (C=O) groups excluding carboxylic acids is 2. The van der Waals surface area contributed by atoms with Gasteiger partial charge < -0.3 is 15.0 Å². The van der Waals surface area contributed by atoms with Crippen LogP contribution in [0, 0.1) is 0 Å². The number of carbonyl (C=O) groups is 2. The van der Waals surface area contributed by atoms with Gasteiger partial charge in [0.05, 0.1) is 13.5 Å². The Morgan fingerprint density at radius 2 is 1.88 bits per heavy atom. The van der Waals surface area contributed by atoms with E-state index in [1.807, 2.05) is 54.6 Å². The van der Waals surface area contributed by atoms with E-state index in [0.717, 1.165) is 17.0 Å². The number of amides is 2. The van der Waals surface area contributed by atoms with Gasteiger partial charge in [0.15, 0.2) is 0 Å². The fraction of sp³-hybridized carbons (Fsp3) is 0.263. The molecule has 1 aliphatic heterocycles. The van der Waals surface area contributed by atoms with E-state index < -0.39 is 6.04 Å². The molecule has 0 saturated carbocycles. The standard InChI is InChI=1S/C19H20N2O3/c1-24-16-9-7-14(8-10-16)13-18(22)20-17-11-12-21(19(17)23)15-5-3-2-4-6-15/h2-10,17H,11-13H2,1H3,(H,20,22)/t17-/m1/s1. The molecule has 3 rings (SSSR count). The summed E-state index contributed by atoms with van der Waals surface area (Å²) in [7, 11) is 1.60. The molecule has 0 spiro atoms. The predicted octanol–water partition coefficient (Wildman–Crippen LogP) is 2.16. The molecular weight excluding hydrogens is 304 g/mol. The van der Waals surface area contributed by atoms with E-state index in [1.165, 1.54) is 0 Å². The van der Waals surface area contributed by atoms with Crippen molar-refractivity contribution in [3.8, 4) is 5.75 Å². The number of nitrogens with one attached hydrogen (secondary N) is 1. The lowest BCUT2D eigenvalue weighted by Crippen LogP contribution is -2.42. The Balaban J connectivity index is 1.58. The summed E-state index contributed by atoms with van der Waals surface area (Å²) in [4.78, 5) is 26.4. The molecular formula is C19H20N2O3. The zero-order chi connectivity index (χ0) is 16.9. The third kappa shape index (κ3) is 3.56. The Hall–Kier alpha value is -2.82. The number of methoxy groups -OCH3 is 1. The number of rotatable bonds is 5. The van der Waals surface area contributed by atoms with Crippen LogP contribution in [0.3, 0.4) is 0 Å². The molecule has 5 nitrogen and oxygen atoms in total. The summed E-state index contributed by atoms with van der Waals surface area (Å²) in [5, 5.41) is 2.84. The van der Waals surface area contributed by atoms with E-state index in [2.05, 4.69) is 5.32 Å². The SMILES string of the molecule is COc1ccc(CC(=O)N[C@@H]2CCN(c3ccccc3)C2=O)cc1. The van der Waals surface area contributed by atoms with Crippen LogP contribution in [0.25, 0.3) is 0 Å². The highest BCUT2D eigenvalue weighted by Crippen LogP contribution is 2.21. The molecule has 1 saturated heterocycles. The Bertz CT molecular complexity index is 713. The lowest BCUT2D eigenvalue weighted by atomic mass is 10.1. The number of nitrogens with zero attached hydrogens (tertiary/aromatic N) is 1. The van der Waals surface area contributed by atoms with Crippen LogP contribution in [-0.4, -0.2) is 31.5 Å². The van der Waals surface area contributed by atoms with E-state index in [1.54, 1.807) is 12.0 Å². The average Bonchev–Trinajstić information content (AvgIpc) is 2.97. The number of benzene rings is 2. The molecule has 2 aromatic rings. The van der Waals surface area contributed by atoms with Crippen molar-refractivity contribution in [2.45, 2.75) is 18.9 Å². The van der Waals surface area contributed by atoms with E-state index in [-0.39, 0.29) is 18.2 Å². The van der Waals surface area contributed by atoms with Gasteiger partial charge in [0, 0.05) is 12.2 Å². The Kier molecular flexibility index (Phi) is 4.79. The minimum atomic E-state index is -0.448. The van der Waals surface area contributed by atoms with E-state index in [4.69, 9.17) is 4.74 Å². The van der Waals surface area contributed by atoms with Crippen molar-refractivity contribution in [1.82, 2.24) is 5.32 Å². The Morgan fingerprint density at radius 1 is 1.17 bits per heavy atom. The highest BCUT2D eigenvalue weighted by molar-refractivity contribution is 6.01. The topological polar surface area (TPSA) is 58.6 Å². The van der Waals surface area contributed by atoms with Crippen LogP contribution in [-0.2, 0) is 16.0 Å². The summed E-state index contributed by atoms with van der Waals surface area (Å²) < 4.78 is 5.10. The van der Waals surface area contributed by atoms with Gasteiger partial charge in [-0.15, -0.1) is 0 Å². The third-order valence-corrected chi connectivity index (χ3v) is 4.13. The van der Waals surface area contributed by atoms with Crippen molar-refractivity contribution in [3.05, 3.63) is 60.2 Å². The molecule has 1 atom stereocenters. The minimum Gasteiger partial charge on any atom is -0.497 e. The predicted molar refractivity (Wildman–Crippen MR) is 92.0 cm³/mol. The fourth-order valence-electron chi connectivity index (χ4n) is 2.85. The number of para-hydroxylation sites is 1. The summed E-state index contributed by atoms with van der Waals surface area (Å²) in [6, 6.07) is 16.4. The van der Waals surface area contributed by atoms with Crippen LogP contribution in [0.15, 0.2) is 54.6 Å². The summed E-state index contributed by atoms with van der Waals surface area (Å²) in [6.45, 7) is 0.621. The molecule has 1 aliphatic rings. The smallest absolute Gasteiger partial charge is 0.249 e. The second kappa shape index (κ2) is 7.17. The molecule has 24 heavy (non-hydrogen) atoms. The van der Waals surface area contributed by atoms with Gasteiger partial charge in [-0.05, 0) is 36.2 Å². The molecule has 1 heterocycles. The molecule has 2 aromatic carbocycles. The summed E-state index contributed by atoms with van der Waals surface area (Å²) in [5.41, 5.74) is 1.76. The van der Waals surface area contributed by atoms with Crippen molar-refractivity contribution >= 4 is 17.5 Å². The average molecular weight is 324 g/mol. The van der Waals surface area contributed by atoms with Crippen LogP contribution in [0.5, 0.6) is 5.75 Å². The van der Waals surface area contributed by atoms with Crippen molar-refractivity contribution in [1.29, 1.82) is 0 Å². The first-order valence-corrected chi connectivity index (χ1v) is 7.96. The summed E-state index contributed by atoms with van der Waals surface area (Å²) in [5.74, 6) is 0.557. The summed E-state index contributed by atoms with van der Waals surface area (Å²) >= 11 is 0. The van der Waals surface area contributed by atoms with Gasteiger partial charge in [0.1, 0.15) is 11.8 Å². The van der Waals surface area contributed by atoms with Gasteiger partial charge in [0.2, 0.25) is 11.8 Å². The number of hydrogen-bond acceptors (Lipinski definition) is 3. The molecule has 2 amide bonds. The van der Waals surface area contributed by atoms with Crippen LogP contribution < -0.4 is 15.0 Å². The lowest BCUT2D eigenvalue weighted by Gasteiger charge is -2.17. The zero-order valence-corrected chi connectivity index (χ0v) is 13.6. The molecule has 124 valence electrons. The van der Waals surface area contributed by atoms with Gasteiger partial charge in [0.25, 0.3) is 0 Å². The van der Waals surface area contributed by atoms with Crippen molar-refractivity contribution < 1.29 is 14.3 Å².